The van der Waals surface area contributed by atoms with Gasteiger partial charge in [0.05, 0.1) is 0 Å². The zero-order valence-electron chi connectivity index (χ0n) is 15.5. The second kappa shape index (κ2) is 7.47. The van der Waals surface area contributed by atoms with Crippen molar-refractivity contribution in [2.45, 2.75) is 65.5 Å². The first kappa shape index (κ1) is 18.7. The molecule has 1 aliphatic rings. The van der Waals surface area contributed by atoms with Crippen molar-refractivity contribution in [3.8, 4) is 0 Å². The van der Waals surface area contributed by atoms with Crippen LogP contribution in [0.15, 0.2) is 30.3 Å². The zero-order chi connectivity index (χ0) is 17.9. The first-order valence-electron chi connectivity index (χ1n) is 8.82. The second-order valence-corrected chi connectivity index (χ2v) is 8.15. The molecule has 1 aromatic carbocycles. The van der Waals surface area contributed by atoms with E-state index in [9.17, 15) is 9.59 Å². The fraction of sp³-hybridized carbons (Fsp3) is 0.600. The smallest absolute Gasteiger partial charge is 0.229 e. The minimum absolute atomic E-state index is 0.00796. The molecule has 1 fully saturated rings. The van der Waals surface area contributed by atoms with E-state index >= 15 is 0 Å². The van der Waals surface area contributed by atoms with Crippen LogP contribution >= 0.6 is 0 Å². The van der Waals surface area contributed by atoms with Gasteiger partial charge in [-0.3, -0.25) is 14.5 Å². The predicted molar refractivity (Wildman–Crippen MR) is 96.7 cm³/mol. The highest BCUT2D eigenvalue weighted by atomic mass is 16.2. The third-order valence-electron chi connectivity index (χ3n) is 4.66. The Hall–Kier alpha value is -1.68. The van der Waals surface area contributed by atoms with Gasteiger partial charge in [-0.2, -0.15) is 0 Å². The molecule has 1 aliphatic heterocycles. The van der Waals surface area contributed by atoms with Crippen LogP contribution < -0.4 is 5.32 Å². The third kappa shape index (κ3) is 4.67. The van der Waals surface area contributed by atoms with Crippen LogP contribution in [-0.4, -0.2) is 35.3 Å². The van der Waals surface area contributed by atoms with Crippen molar-refractivity contribution in [3.63, 3.8) is 0 Å². The van der Waals surface area contributed by atoms with Gasteiger partial charge in [0.1, 0.15) is 0 Å². The Morgan fingerprint density at radius 2 is 1.62 bits per heavy atom. The molecule has 1 N–H and O–H groups in total. The monoisotopic (exact) mass is 330 g/mol. The van der Waals surface area contributed by atoms with Crippen LogP contribution in [0.1, 0.15) is 58.9 Å². The minimum atomic E-state index is -0.0556. The molecule has 0 bridgehead atoms. The molecule has 4 nitrogen and oxygen atoms in total. The third-order valence-corrected chi connectivity index (χ3v) is 4.66. The highest BCUT2D eigenvalue weighted by Crippen LogP contribution is 2.30. The summed E-state index contributed by atoms with van der Waals surface area (Å²) in [6.45, 7) is 11.0. The Morgan fingerprint density at radius 1 is 1.08 bits per heavy atom. The summed E-state index contributed by atoms with van der Waals surface area (Å²) in [5.74, 6) is -0.103. The van der Waals surface area contributed by atoms with E-state index in [-0.39, 0.29) is 29.2 Å². The lowest BCUT2D eigenvalue weighted by atomic mass is 9.84. The molecule has 1 atom stereocenters. The molecule has 0 radical (unpaired) electrons. The highest BCUT2D eigenvalue weighted by molar-refractivity contribution is 5.98. The lowest BCUT2D eigenvalue weighted by Crippen LogP contribution is -2.55. The Kier molecular flexibility index (Phi) is 5.81. The summed E-state index contributed by atoms with van der Waals surface area (Å²) in [6.07, 6.45) is 0.822. The van der Waals surface area contributed by atoms with E-state index in [1.165, 1.54) is 4.90 Å². The van der Waals surface area contributed by atoms with Crippen LogP contribution in [0.4, 0.5) is 0 Å². The number of rotatable bonds is 5. The Balaban J connectivity index is 2.10. The van der Waals surface area contributed by atoms with Gasteiger partial charge < -0.3 is 5.32 Å². The van der Waals surface area contributed by atoms with E-state index in [0.29, 0.717) is 25.4 Å². The molecule has 24 heavy (non-hydrogen) atoms. The maximum Gasteiger partial charge on any atom is 0.229 e. The fourth-order valence-corrected chi connectivity index (χ4v) is 3.18. The maximum absolute atomic E-state index is 12.6. The molecule has 2 rings (SSSR count). The van der Waals surface area contributed by atoms with Gasteiger partial charge in [0.2, 0.25) is 11.8 Å². The van der Waals surface area contributed by atoms with Gasteiger partial charge in [0, 0.05) is 37.4 Å². The van der Waals surface area contributed by atoms with Gasteiger partial charge in [-0.15, -0.1) is 0 Å². The lowest BCUT2D eigenvalue weighted by Gasteiger charge is -2.39. The summed E-state index contributed by atoms with van der Waals surface area (Å²) in [6, 6.07) is 10.3. The van der Waals surface area contributed by atoms with E-state index in [1.807, 2.05) is 30.3 Å². The average molecular weight is 330 g/mol. The van der Waals surface area contributed by atoms with Crippen molar-refractivity contribution < 1.29 is 9.59 Å². The minimum Gasteiger partial charge on any atom is -0.309 e. The standard InChI is InChI=1S/C20H30N2O2/c1-14(2)21-17(20(3,4)5)13-22-18(23)11-16(12-19(22)24)15-9-7-6-8-10-15/h6-10,14,16-17,21H,11-13H2,1-5H3/t17-/m1/s1. The number of carbonyl (C=O) groups is 2. The normalized spacial score (nSPS) is 18.3. The highest BCUT2D eigenvalue weighted by Gasteiger charge is 2.37. The van der Waals surface area contributed by atoms with E-state index in [2.05, 4.69) is 39.9 Å². The number of amides is 2. The Labute approximate surface area is 145 Å². The van der Waals surface area contributed by atoms with Crippen LogP contribution in [0.5, 0.6) is 0 Å². The van der Waals surface area contributed by atoms with Gasteiger partial charge in [0.25, 0.3) is 0 Å². The van der Waals surface area contributed by atoms with Gasteiger partial charge in [-0.25, -0.2) is 0 Å². The SMILES string of the molecule is CC(C)N[C@H](CN1C(=O)CC(c2ccccc2)CC1=O)C(C)(C)C. The Bertz CT molecular complexity index is 557. The van der Waals surface area contributed by atoms with Crippen LogP contribution in [0.25, 0.3) is 0 Å². The van der Waals surface area contributed by atoms with Gasteiger partial charge in [-0.05, 0) is 11.0 Å². The Morgan fingerprint density at radius 3 is 2.08 bits per heavy atom. The van der Waals surface area contributed by atoms with Crippen molar-refractivity contribution in [1.29, 1.82) is 0 Å². The second-order valence-electron chi connectivity index (χ2n) is 8.15. The van der Waals surface area contributed by atoms with Crippen LogP contribution in [-0.2, 0) is 9.59 Å². The predicted octanol–water partition coefficient (Wildman–Crippen LogP) is 3.33. The van der Waals surface area contributed by atoms with Crippen molar-refractivity contribution in [1.82, 2.24) is 10.2 Å². The lowest BCUT2D eigenvalue weighted by molar-refractivity contribution is -0.149. The average Bonchev–Trinajstić information content (AvgIpc) is 2.49. The number of nitrogens with one attached hydrogen (secondary N) is 1. The van der Waals surface area contributed by atoms with Crippen molar-refractivity contribution in [2.75, 3.05) is 6.54 Å². The molecular formula is C20H30N2O2. The molecular weight excluding hydrogens is 300 g/mol. The summed E-state index contributed by atoms with van der Waals surface area (Å²) >= 11 is 0. The van der Waals surface area contributed by atoms with E-state index in [0.717, 1.165) is 5.56 Å². The number of hydrogen-bond donors (Lipinski definition) is 1. The number of nitrogens with zero attached hydrogens (tertiary/aromatic N) is 1. The summed E-state index contributed by atoms with van der Waals surface area (Å²) in [7, 11) is 0. The molecule has 0 aliphatic carbocycles. The van der Waals surface area contributed by atoms with E-state index in [4.69, 9.17) is 0 Å². The van der Waals surface area contributed by atoms with Crippen molar-refractivity contribution >= 4 is 11.8 Å². The molecule has 2 amide bonds. The molecule has 0 unspecified atom stereocenters. The van der Waals surface area contributed by atoms with E-state index < -0.39 is 0 Å². The number of piperidine rings is 1. The molecule has 0 saturated carbocycles. The fourth-order valence-electron chi connectivity index (χ4n) is 3.18. The van der Waals surface area contributed by atoms with Gasteiger partial charge in [0.15, 0.2) is 0 Å². The first-order chi connectivity index (χ1) is 11.2. The summed E-state index contributed by atoms with van der Waals surface area (Å²) in [4.78, 5) is 26.7. The molecule has 132 valence electrons. The zero-order valence-corrected chi connectivity index (χ0v) is 15.5. The number of likely N-dealkylation sites (tertiary alicyclic amines) is 1. The molecule has 4 heteroatoms. The molecule has 0 aromatic heterocycles. The molecule has 0 spiro atoms. The maximum atomic E-state index is 12.6. The summed E-state index contributed by atoms with van der Waals surface area (Å²) < 4.78 is 0. The van der Waals surface area contributed by atoms with Crippen molar-refractivity contribution in [3.05, 3.63) is 35.9 Å². The topological polar surface area (TPSA) is 49.4 Å². The molecule has 1 heterocycles. The van der Waals surface area contributed by atoms with Crippen LogP contribution in [0, 0.1) is 5.41 Å². The summed E-state index contributed by atoms with van der Waals surface area (Å²) in [5, 5.41) is 3.50. The van der Waals surface area contributed by atoms with Gasteiger partial charge >= 0.3 is 0 Å². The number of carbonyl (C=O) groups excluding carboxylic acids is 2. The van der Waals surface area contributed by atoms with Crippen molar-refractivity contribution in [2.24, 2.45) is 5.41 Å². The largest absolute Gasteiger partial charge is 0.309 e. The summed E-state index contributed by atoms with van der Waals surface area (Å²) in [5.41, 5.74) is 1.05. The van der Waals surface area contributed by atoms with Crippen LogP contribution in [0.3, 0.4) is 0 Å². The molecule has 1 aromatic rings. The number of imide groups is 1. The van der Waals surface area contributed by atoms with E-state index in [1.54, 1.807) is 0 Å². The number of hydrogen-bond acceptors (Lipinski definition) is 3. The van der Waals surface area contributed by atoms with Crippen LogP contribution in [0.2, 0.25) is 0 Å². The molecule has 1 saturated heterocycles. The van der Waals surface area contributed by atoms with Gasteiger partial charge in [-0.1, -0.05) is 65.0 Å². The first-order valence-corrected chi connectivity index (χ1v) is 8.82. The number of benzene rings is 1. The quantitative estimate of drug-likeness (QED) is 0.843.